The molecule has 3 heterocycles. The van der Waals surface area contributed by atoms with Crippen LogP contribution in [0.15, 0.2) is 0 Å². The Bertz CT molecular complexity index is 412. The third kappa shape index (κ3) is 2.68. The maximum absolute atomic E-state index is 12.7. The fourth-order valence-electron chi connectivity index (χ4n) is 3.76. The Balaban J connectivity index is 1.73. The normalized spacial score (nSPS) is 34.9. The van der Waals surface area contributed by atoms with Crippen LogP contribution in [-0.2, 0) is 10.2 Å². The van der Waals surface area contributed by atoms with Crippen LogP contribution in [0.2, 0.25) is 0 Å². The Morgan fingerprint density at radius 3 is 2.32 bits per heavy atom. The van der Waals surface area contributed by atoms with E-state index in [0.717, 1.165) is 45.3 Å². The highest BCUT2D eigenvalue weighted by molar-refractivity contribution is 7.86. The first kappa shape index (κ1) is 13.8. The molecule has 3 aliphatic rings. The summed E-state index contributed by atoms with van der Waals surface area (Å²) in [6.45, 7) is 4.88. The summed E-state index contributed by atoms with van der Waals surface area (Å²) in [5.41, 5.74) is 0.209. The van der Waals surface area contributed by atoms with Crippen LogP contribution in [0, 0.1) is 5.41 Å². The van der Waals surface area contributed by atoms with Gasteiger partial charge in [0.1, 0.15) is 0 Å². The zero-order chi connectivity index (χ0) is 13.3. The van der Waals surface area contributed by atoms with Crippen molar-refractivity contribution in [3.05, 3.63) is 0 Å². The molecular formula is C13H25N3O2S. The molecule has 3 rings (SSSR count). The van der Waals surface area contributed by atoms with Gasteiger partial charge in [-0.25, -0.2) is 0 Å². The van der Waals surface area contributed by atoms with Gasteiger partial charge in [-0.3, -0.25) is 0 Å². The molecule has 0 bridgehead atoms. The summed E-state index contributed by atoms with van der Waals surface area (Å²) < 4.78 is 28.9. The van der Waals surface area contributed by atoms with Gasteiger partial charge in [0.25, 0.3) is 10.2 Å². The van der Waals surface area contributed by atoms with E-state index >= 15 is 0 Å². The predicted molar refractivity (Wildman–Crippen MR) is 75.1 cm³/mol. The Hall–Kier alpha value is -0.170. The molecule has 1 spiro atoms. The van der Waals surface area contributed by atoms with Gasteiger partial charge >= 0.3 is 0 Å². The number of nitrogens with zero attached hydrogens (tertiary/aromatic N) is 2. The van der Waals surface area contributed by atoms with Gasteiger partial charge in [0, 0.05) is 32.7 Å². The first-order valence-electron chi connectivity index (χ1n) is 7.58. The van der Waals surface area contributed by atoms with Crippen LogP contribution in [0.3, 0.4) is 0 Å². The maximum Gasteiger partial charge on any atom is 0.281 e. The minimum Gasteiger partial charge on any atom is -0.316 e. The van der Waals surface area contributed by atoms with Gasteiger partial charge in [-0.1, -0.05) is 6.42 Å². The molecule has 1 N–H and O–H groups in total. The predicted octanol–water partition coefficient (Wildman–Crippen LogP) is 0.793. The van der Waals surface area contributed by atoms with Gasteiger partial charge in [0.15, 0.2) is 0 Å². The van der Waals surface area contributed by atoms with E-state index in [0.29, 0.717) is 19.6 Å². The van der Waals surface area contributed by atoms with Crippen molar-refractivity contribution in [3.63, 3.8) is 0 Å². The molecular weight excluding hydrogens is 262 g/mol. The average Bonchev–Trinajstić information content (AvgIpc) is 2.88. The molecule has 1 atom stereocenters. The first-order valence-corrected chi connectivity index (χ1v) is 8.98. The van der Waals surface area contributed by atoms with Crippen LogP contribution in [0.1, 0.15) is 38.5 Å². The summed E-state index contributed by atoms with van der Waals surface area (Å²) in [5, 5.41) is 3.40. The second kappa shape index (κ2) is 5.31. The van der Waals surface area contributed by atoms with Crippen LogP contribution >= 0.6 is 0 Å². The highest BCUT2D eigenvalue weighted by Gasteiger charge is 2.43. The minimum atomic E-state index is -3.21. The number of piperidine rings is 2. The summed E-state index contributed by atoms with van der Waals surface area (Å²) >= 11 is 0. The molecule has 3 aliphatic heterocycles. The van der Waals surface area contributed by atoms with Gasteiger partial charge in [-0.15, -0.1) is 0 Å². The number of nitrogens with one attached hydrogen (secondary N) is 1. The lowest BCUT2D eigenvalue weighted by Crippen LogP contribution is -2.52. The van der Waals surface area contributed by atoms with Crippen molar-refractivity contribution in [1.29, 1.82) is 0 Å². The number of rotatable bonds is 2. The fourth-order valence-corrected chi connectivity index (χ4v) is 5.61. The summed E-state index contributed by atoms with van der Waals surface area (Å²) in [5.74, 6) is 0. The molecule has 3 saturated heterocycles. The fraction of sp³-hybridized carbons (Fsp3) is 1.00. The topological polar surface area (TPSA) is 52.7 Å². The van der Waals surface area contributed by atoms with E-state index in [1.165, 1.54) is 12.8 Å². The first-order chi connectivity index (χ1) is 9.12. The molecule has 0 amide bonds. The van der Waals surface area contributed by atoms with Crippen molar-refractivity contribution in [2.75, 3.05) is 39.3 Å². The van der Waals surface area contributed by atoms with Crippen LogP contribution in [-0.4, -0.2) is 56.3 Å². The Labute approximate surface area is 116 Å². The minimum absolute atomic E-state index is 0.209. The van der Waals surface area contributed by atoms with E-state index in [1.54, 1.807) is 8.61 Å². The summed E-state index contributed by atoms with van der Waals surface area (Å²) in [6.07, 6.45) is 6.50. The molecule has 6 heteroatoms. The van der Waals surface area contributed by atoms with Crippen LogP contribution in [0.25, 0.3) is 0 Å². The maximum atomic E-state index is 12.7. The van der Waals surface area contributed by atoms with Gasteiger partial charge in [-0.05, 0) is 44.1 Å². The zero-order valence-electron chi connectivity index (χ0n) is 11.6. The zero-order valence-corrected chi connectivity index (χ0v) is 12.4. The standard InChI is InChI=1S/C13H25N3O2S/c17-19(18,15-8-2-1-3-9-15)16-10-4-5-13(12-16)6-7-14-11-13/h14H,1-12H2. The highest BCUT2D eigenvalue weighted by atomic mass is 32.2. The quantitative estimate of drug-likeness (QED) is 0.817. The lowest BCUT2D eigenvalue weighted by atomic mass is 9.80. The van der Waals surface area contributed by atoms with Gasteiger partial charge in [-0.2, -0.15) is 17.0 Å². The lowest BCUT2D eigenvalue weighted by molar-refractivity contribution is 0.157. The molecule has 0 saturated carbocycles. The third-order valence-electron chi connectivity index (χ3n) is 4.93. The largest absolute Gasteiger partial charge is 0.316 e. The van der Waals surface area contributed by atoms with Crippen molar-refractivity contribution >= 4 is 10.2 Å². The van der Waals surface area contributed by atoms with Crippen LogP contribution in [0.4, 0.5) is 0 Å². The molecule has 5 nitrogen and oxygen atoms in total. The van der Waals surface area contributed by atoms with E-state index in [1.807, 2.05) is 0 Å². The van der Waals surface area contributed by atoms with Crippen LogP contribution in [0.5, 0.6) is 0 Å². The highest BCUT2D eigenvalue weighted by Crippen LogP contribution is 2.37. The third-order valence-corrected chi connectivity index (χ3v) is 6.91. The number of hydrogen-bond donors (Lipinski definition) is 1. The molecule has 0 aliphatic carbocycles. The molecule has 0 aromatic carbocycles. The van der Waals surface area contributed by atoms with E-state index in [2.05, 4.69) is 5.32 Å². The van der Waals surface area contributed by atoms with E-state index < -0.39 is 10.2 Å². The SMILES string of the molecule is O=S(=O)(N1CCCCC1)N1CCCC2(CCNC2)C1. The second-order valence-corrected chi connectivity index (χ2v) is 8.26. The number of hydrogen-bond acceptors (Lipinski definition) is 3. The van der Waals surface area contributed by atoms with Crippen molar-refractivity contribution in [3.8, 4) is 0 Å². The molecule has 0 aromatic heterocycles. The van der Waals surface area contributed by atoms with Gasteiger partial charge < -0.3 is 5.32 Å². The molecule has 3 fully saturated rings. The Morgan fingerprint density at radius 2 is 1.63 bits per heavy atom. The van der Waals surface area contributed by atoms with E-state index in [4.69, 9.17) is 0 Å². The average molecular weight is 287 g/mol. The van der Waals surface area contributed by atoms with Crippen molar-refractivity contribution in [1.82, 2.24) is 13.9 Å². The van der Waals surface area contributed by atoms with Gasteiger partial charge in [0.05, 0.1) is 0 Å². The molecule has 0 aromatic rings. The van der Waals surface area contributed by atoms with Crippen molar-refractivity contribution in [2.45, 2.75) is 38.5 Å². The van der Waals surface area contributed by atoms with E-state index in [-0.39, 0.29) is 5.41 Å². The Kier molecular flexibility index (Phi) is 3.86. The molecule has 1 unspecified atom stereocenters. The van der Waals surface area contributed by atoms with Crippen molar-refractivity contribution in [2.24, 2.45) is 5.41 Å². The smallest absolute Gasteiger partial charge is 0.281 e. The van der Waals surface area contributed by atoms with Gasteiger partial charge in [0.2, 0.25) is 0 Å². The summed E-state index contributed by atoms with van der Waals surface area (Å²) in [4.78, 5) is 0. The summed E-state index contributed by atoms with van der Waals surface area (Å²) in [6, 6.07) is 0. The van der Waals surface area contributed by atoms with Crippen molar-refractivity contribution < 1.29 is 8.42 Å². The molecule has 0 radical (unpaired) electrons. The molecule has 19 heavy (non-hydrogen) atoms. The monoisotopic (exact) mass is 287 g/mol. The summed E-state index contributed by atoms with van der Waals surface area (Å²) in [7, 11) is -3.21. The Morgan fingerprint density at radius 1 is 0.895 bits per heavy atom. The lowest BCUT2D eigenvalue weighted by Gasteiger charge is -2.41. The molecule has 110 valence electrons. The van der Waals surface area contributed by atoms with E-state index in [9.17, 15) is 8.42 Å². The van der Waals surface area contributed by atoms with Crippen LogP contribution < -0.4 is 5.32 Å². The second-order valence-electron chi connectivity index (χ2n) is 6.33.